The Morgan fingerprint density at radius 2 is 1.91 bits per heavy atom. The Kier molecular flexibility index (Phi) is 3.94. The van der Waals surface area contributed by atoms with Gasteiger partial charge in [-0.3, -0.25) is 0 Å². The molecule has 1 unspecified atom stereocenters. The number of nitrogens with one attached hydrogen (secondary N) is 1. The first kappa shape index (κ1) is 15.1. The molecule has 3 rings (SSSR count). The lowest BCUT2D eigenvalue weighted by molar-refractivity contribution is 0.305. The molecule has 0 radical (unpaired) electrons. The van der Waals surface area contributed by atoms with Crippen LogP contribution in [0.1, 0.15) is 49.8 Å². The molecule has 0 aliphatic carbocycles. The highest BCUT2D eigenvalue weighted by molar-refractivity contribution is 5.57. The summed E-state index contributed by atoms with van der Waals surface area (Å²) in [4.78, 5) is 0. The second kappa shape index (κ2) is 5.75. The highest BCUT2D eigenvalue weighted by atomic mass is 19.1. The third-order valence-corrected chi connectivity index (χ3v) is 4.64. The van der Waals surface area contributed by atoms with Crippen LogP contribution in [0.3, 0.4) is 0 Å². The van der Waals surface area contributed by atoms with Crippen LogP contribution in [0.5, 0.6) is 0 Å². The lowest BCUT2D eigenvalue weighted by atomic mass is 9.72. The third kappa shape index (κ3) is 3.01. The smallest absolute Gasteiger partial charge is 0.126 e. The van der Waals surface area contributed by atoms with Gasteiger partial charge < -0.3 is 5.32 Å². The Morgan fingerprint density at radius 1 is 1.14 bits per heavy atom. The van der Waals surface area contributed by atoms with Crippen LogP contribution >= 0.6 is 0 Å². The first-order valence-electron chi connectivity index (χ1n) is 8.05. The van der Waals surface area contributed by atoms with Gasteiger partial charge in [0.25, 0.3) is 0 Å². The summed E-state index contributed by atoms with van der Waals surface area (Å²) >= 11 is 0. The Labute approximate surface area is 132 Å². The van der Waals surface area contributed by atoms with E-state index in [9.17, 15) is 4.39 Å². The predicted octanol–water partition coefficient (Wildman–Crippen LogP) is 5.36. The Morgan fingerprint density at radius 3 is 2.64 bits per heavy atom. The van der Waals surface area contributed by atoms with Crippen molar-refractivity contribution in [3.8, 4) is 0 Å². The summed E-state index contributed by atoms with van der Waals surface area (Å²) in [6, 6.07) is 13.6. The van der Waals surface area contributed by atoms with E-state index in [-0.39, 0.29) is 11.2 Å². The number of hydrogen-bond donors (Lipinski definition) is 1. The SMILES string of the molecule is CC(C)(C)C1CCNc2ccc(Cc3ccccc3F)cc21. The van der Waals surface area contributed by atoms with Crippen molar-refractivity contribution in [1.82, 2.24) is 0 Å². The average Bonchev–Trinajstić information content (AvgIpc) is 2.48. The van der Waals surface area contributed by atoms with Crippen molar-refractivity contribution in [3.63, 3.8) is 0 Å². The van der Waals surface area contributed by atoms with E-state index in [4.69, 9.17) is 0 Å². The Bertz CT molecular complexity index is 670. The fraction of sp³-hybridized carbons (Fsp3) is 0.400. The van der Waals surface area contributed by atoms with E-state index in [0.29, 0.717) is 12.3 Å². The number of rotatable bonds is 2. The minimum absolute atomic E-state index is 0.120. The van der Waals surface area contributed by atoms with Crippen LogP contribution in [-0.2, 0) is 6.42 Å². The molecular weight excluding hydrogens is 273 g/mol. The molecule has 0 amide bonds. The zero-order chi connectivity index (χ0) is 15.7. The van der Waals surface area contributed by atoms with Gasteiger partial charge in [-0.1, -0.05) is 51.1 Å². The van der Waals surface area contributed by atoms with Crippen LogP contribution in [0.2, 0.25) is 0 Å². The second-order valence-corrected chi connectivity index (χ2v) is 7.32. The molecule has 1 heterocycles. The molecule has 0 saturated heterocycles. The molecule has 1 aliphatic rings. The summed E-state index contributed by atoms with van der Waals surface area (Å²) in [7, 11) is 0. The molecule has 1 N–H and O–H groups in total. The molecule has 1 nitrogen and oxygen atoms in total. The van der Waals surface area contributed by atoms with Gasteiger partial charge in [-0.15, -0.1) is 0 Å². The van der Waals surface area contributed by atoms with Crippen molar-refractivity contribution >= 4 is 5.69 Å². The van der Waals surface area contributed by atoms with Gasteiger partial charge in [0.05, 0.1) is 0 Å². The van der Waals surface area contributed by atoms with Crippen molar-refractivity contribution in [2.75, 3.05) is 11.9 Å². The van der Waals surface area contributed by atoms with Crippen LogP contribution in [0.15, 0.2) is 42.5 Å². The lowest BCUT2D eigenvalue weighted by Crippen LogP contribution is -2.26. The molecule has 0 bridgehead atoms. The first-order valence-corrected chi connectivity index (χ1v) is 8.05. The van der Waals surface area contributed by atoms with Gasteiger partial charge in [0, 0.05) is 18.7 Å². The molecule has 0 fully saturated rings. The van der Waals surface area contributed by atoms with Gasteiger partial charge in [-0.2, -0.15) is 0 Å². The monoisotopic (exact) mass is 297 g/mol. The Balaban J connectivity index is 1.94. The number of fused-ring (bicyclic) bond motifs is 1. The van der Waals surface area contributed by atoms with Crippen molar-refractivity contribution in [2.45, 2.75) is 39.5 Å². The molecule has 2 aromatic rings. The van der Waals surface area contributed by atoms with E-state index in [0.717, 1.165) is 18.5 Å². The van der Waals surface area contributed by atoms with Gasteiger partial charge in [-0.05, 0) is 46.6 Å². The molecule has 116 valence electrons. The predicted molar refractivity (Wildman–Crippen MR) is 91.0 cm³/mol. The van der Waals surface area contributed by atoms with Gasteiger partial charge in [0.15, 0.2) is 0 Å². The Hall–Kier alpha value is -1.83. The van der Waals surface area contributed by atoms with Gasteiger partial charge in [0.1, 0.15) is 5.82 Å². The normalized spacial score (nSPS) is 17.7. The molecule has 1 atom stereocenters. The van der Waals surface area contributed by atoms with Crippen LogP contribution in [-0.4, -0.2) is 6.54 Å². The van der Waals surface area contributed by atoms with Crippen LogP contribution in [0, 0.1) is 11.2 Å². The number of benzene rings is 2. The van der Waals surface area contributed by atoms with E-state index < -0.39 is 0 Å². The fourth-order valence-electron chi connectivity index (χ4n) is 3.44. The highest BCUT2D eigenvalue weighted by Crippen LogP contribution is 2.43. The first-order chi connectivity index (χ1) is 10.4. The van der Waals surface area contributed by atoms with E-state index in [1.54, 1.807) is 6.07 Å². The van der Waals surface area contributed by atoms with Crippen molar-refractivity contribution < 1.29 is 4.39 Å². The fourth-order valence-corrected chi connectivity index (χ4v) is 3.44. The largest absolute Gasteiger partial charge is 0.385 e. The summed E-state index contributed by atoms with van der Waals surface area (Å²) in [5.41, 5.74) is 4.81. The summed E-state index contributed by atoms with van der Waals surface area (Å²) in [6.07, 6.45) is 1.80. The zero-order valence-electron chi connectivity index (χ0n) is 13.6. The minimum Gasteiger partial charge on any atom is -0.385 e. The molecule has 2 heteroatoms. The van der Waals surface area contributed by atoms with Crippen LogP contribution in [0.25, 0.3) is 0 Å². The topological polar surface area (TPSA) is 12.0 Å². The molecule has 0 aromatic heterocycles. The maximum atomic E-state index is 13.9. The van der Waals surface area contributed by atoms with Crippen molar-refractivity contribution in [1.29, 1.82) is 0 Å². The van der Waals surface area contributed by atoms with Gasteiger partial charge >= 0.3 is 0 Å². The highest BCUT2D eigenvalue weighted by Gasteiger charge is 2.30. The number of halogens is 1. The zero-order valence-corrected chi connectivity index (χ0v) is 13.6. The minimum atomic E-state index is -0.120. The molecule has 0 spiro atoms. The van der Waals surface area contributed by atoms with Crippen LogP contribution < -0.4 is 5.32 Å². The van der Waals surface area contributed by atoms with E-state index in [1.165, 1.54) is 22.9 Å². The van der Waals surface area contributed by atoms with E-state index in [2.05, 4.69) is 44.3 Å². The molecular formula is C20H24FN. The lowest BCUT2D eigenvalue weighted by Gasteiger charge is -2.36. The number of anilines is 1. The van der Waals surface area contributed by atoms with Gasteiger partial charge in [0.2, 0.25) is 0 Å². The number of hydrogen-bond acceptors (Lipinski definition) is 1. The van der Waals surface area contributed by atoms with E-state index >= 15 is 0 Å². The third-order valence-electron chi connectivity index (χ3n) is 4.64. The summed E-state index contributed by atoms with van der Waals surface area (Å²) in [5, 5.41) is 3.49. The van der Waals surface area contributed by atoms with E-state index in [1.807, 2.05) is 12.1 Å². The second-order valence-electron chi connectivity index (χ2n) is 7.32. The molecule has 1 aliphatic heterocycles. The molecule has 2 aromatic carbocycles. The standard InChI is InChI=1S/C20H24FN/c1-20(2,3)17-10-11-22-19-9-8-14(13-16(17)19)12-15-6-4-5-7-18(15)21/h4-9,13,17,22H,10-12H2,1-3H3. The summed E-state index contributed by atoms with van der Waals surface area (Å²) < 4.78 is 13.9. The summed E-state index contributed by atoms with van der Waals surface area (Å²) in [5.74, 6) is 0.426. The summed E-state index contributed by atoms with van der Waals surface area (Å²) in [6.45, 7) is 7.94. The van der Waals surface area contributed by atoms with Gasteiger partial charge in [-0.25, -0.2) is 4.39 Å². The molecule has 0 saturated carbocycles. The van der Waals surface area contributed by atoms with Crippen molar-refractivity contribution in [3.05, 3.63) is 65.0 Å². The molecule has 22 heavy (non-hydrogen) atoms. The van der Waals surface area contributed by atoms with Crippen molar-refractivity contribution in [2.24, 2.45) is 5.41 Å². The average molecular weight is 297 g/mol. The maximum absolute atomic E-state index is 13.9. The van der Waals surface area contributed by atoms with Crippen LogP contribution in [0.4, 0.5) is 10.1 Å². The maximum Gasteiger partial charge on any atom is 0.126 e. The quantitative estimate of drug-likeness (QED) is 0.786.